The Morgan fingerprint density at radius 2 is 1.36 bits per heavy atom. The van der Waals surface area contributed by atoms with Crippen LogP contribution in [0.2, 0.25) is 0 Å². The van der Waals surface area contributed by atoms with Gasteiger partial charge in [-0.3, -0.25) is 0 Å². The first-order valence-electron chi connectivity index (χ1n) is 11.7. The Morgan fingerprint density at radius 3 is 1.88 bits per heavy atom. The van der Waals surface area contributed by atoms with Gasteiger partial charge in [0.05, 0.1) is 10.5 Å². The summed E-state index contributed by atoms with van der Waals surface area (Å²) in [6, 6.07) is 8.26. The fourth-order valence-electron chi connectivity index (χ4n) is 5.42. The number of nitrogens with zero attached hydrogens (tertiary/aromatic N) is 1. The minimum absolute atomic E-state index is 0.185. The molecule has 0 bridgehead atoms. The van der Waals surface area contributed by atoms with Gasteiger partial charge in [-0.1, -0.05) is 43.5 Å². The predicted octanol–water partition coefficient (Wildman–Crippen LogP) is 3.26. The van der Waals surface area contributed by atoms with Crippen LogP contribution in [0.5, 0.6) is 0 Å². The summed E-state index contributed by atoms with van der Waals surface area (Å²) in [7, 11) is -9.09. The monoisotopic (exact) mass is 519 g/mol. The minimum Gasteiger partial charge on any atom is -0.305 e. The maximum Gasteiger partial charge on any atom is 0.262 e. The maximum atomic E-state index is 13.5. The normalized spacial score (nSPS) is 24.6. The lowest BCUT2D eigenvalue weighted by Crippen LogP contribution is -2.47. The van der Waals surface area contributed by atoms with Crippen molar-refractivity contribution in [1.82, 2.24) is 4.90 Å². The number of benzene rings is 1. The van der Waals surface area contributed by atoms with E-state index in [1.54, 1.807) is 0 Å². The molecule has 2 fully saturated rings. The van der Waals surface area contributed by atoms with Crippen molar-refractivity contribution in [2.24, 2.45) is 0 Å². The van der Waals surface area contributed by atoms with Crippen LogP contribution in [0.15, 0.2) is 24.3 Å². The molecule has 2 aliphatic carbocycles. The standard InChI is InChI=1S/C23H37NO6S3/c1-24(2)17-18-8-7-9-20(16-18)19-12-14-22(15-13-19)33(29,30)23(31(3,25)26)32(27,28)21-10-5-4-6-11-21/h7-9,16,19,21-23H,4-6,10-15,17H2,1-3H3. The zero-order chi connectivity index (χ0) is 24.4. The van der Waals surface area contributed by atoms with Crippen molar-refractivity contribution in [1.29, 1.82) is 0 Å². The zero-order valence-corrected chi connectivity index (χ0v) is 22.3. The van der Waals surface area contributed by atoms with E-state index in [0.29, 0.717) is 38.5 Å². The van der Waals surface area contributed by atoms with Crippen LogP contribution in [0.25, 0.3) is 0 Å². The molecule has 2 aliphatic rings. The Balaban J connectivity index is 1.80. The summed E-state index contributed by atoms with van der Waals surface area (Å²) in [4.78, 5) is 2.08. The van der Waals surface area contributed by atoms with Gasteiger partial charge < -0.3 is 4.90 Å². The van der Waals surface area contributed by atoms with Crippen LogP contribution in [0.1, 0.15) is 74.8 Å². The molecule has 0 spiro atoms. The Morgan fingerprint density at radius 1 is 0.818 bits per heavy atom. The summed E-state index contributed by atoms with van der Waals surface area (Å²) in [6.45, 7) is 0.812. The molecule has 0 N–H and O–H groups in total. The van der Waals surface area contributed by atoms with Gasteiger partial charge in [0, 0.05) is 12.8 Å². The van der Waals surface area contributed by atoms with E-state index in [4.69, 9.17) is 0 Å². The molecule has 188 valence electrons. The van der Waals surface area contributed by atoms with E-state index in [1.165, 1.54) is 5.56 Å². The molecule has 1 aromatic rings. The van der Waals surface area contributed by atoms with E-state index >= 15 is 0 Å². The van der Waals surface area contributed by atoms with Gasteiger partial charge in [0.2, 0.25) is 0 Å². The molecule has 1 unspecified atom stereocenters. The molecule has 2 saturated carbocycles. The molecule has 0 heterocycles. The van der Waals surface area contributed by atoms with Crippen LogP contribution in [-0.4, -0.2) is 64.9 Å². The Kier molecular flexibility index (Phi) is 8.34. The second kappa shape index (κ2) is 10.3. The SMILES string of the molecule is CN(C)Cc1cccc(C2CCC(S(=O)(=O)C(S(C)(=O)=O)S(=O)(=O)C3CCCCC3)CC2)c1. The van der Waals surface area contributed by atoms with Crippen molar-refractivity contribution in [3.63, 3.8) is 0 Å². The van der Waals surface area contributed by atoms with Gasteiger partial charge in [0.25, 0.3) is 3.91 Å². The molecule has 3 rings (SSSR count). The van der Waals surface area contributed by atoms with Crippen molar-refractivity contribution in [3.8, 4) is 0 Å². The van der Waals surface area contributed by atoms with Crippen LogP contribution in [-0.2, 0) is 36.1 Å². The van der Waals surface area contributed by atoms with Crippen LogP contribution < -0.4 is 0 Å². The average molecular weight is 520 g/mol. The topological polar surface area (TPSA) is 106 Å². The highest BCUT2D eigenvalue weighted by atomic mass is 32.3. The molecule has 0 aromatic heterocycles. The van der Waals surface area contributed by atoms with Crippen LogP contribution in [0.4, 0.5) is 0 Å². The molecule has 0 saturated heterocycles. The number of rotatable bonds is 8. The molecule has 7 nitrogen and oxygen atoms in total. The summed E-state index contributed by atoms with van der Waals surface area (Å²) in [5, 5.41) is -1.84. The smallest absolute Gasteiger partial charge is 0.262 e. The lowest BCUT2D eigenvalue weighted by atomic mass is 9.83. The highest BCUT2D eigenvalue weighted by Crippen LogP contribution is 2.39. The van der Waals surface area contributed by atoms with Gasteiger partial charge in [0.15, 0.2) is 29.5 Å². The van der Waals surface area contributed by atoms with Crippen molar-refractivity contribution >= 4 is 29.5 Å². The molecular formula is C23H37NO6S3. The summed E-state index contributed by atoms with van der Waals surface area (Å²) in [6.07, 6.45) is 5.40. The minimum atomic E-state index is -4.40. The van der Waals surface area contributed by atoms with Gasteiger partial charge in [-0.05, 0) is 69.7 Å². The number of hydrogen-bond donors (Lipinski definition) is 0. The van der Waals surface area contributed by atoms with Crippen molar-refractivity contribution in [2.75, 3.05) is 20.4 Å². The van der Waals surface area contributed by atoms with Gasteiger partial charge in [-0.2, -0.15) is 0 Å². The van der Waals surface area contributed by atoms with E-state index in [2.05, 4.69) is 17.0 Å². The highest BCUT2D eigenvalue weighted by Gasteiger charge is 2.52. The second-order valence-electron chi connectivity index (χ2n) is 10.0. The molecular weight excluding hydrogens is 482 g/mol. The van der Waals surface area contributed by atoms with Crippen LogP contribution in [0.3, 0.4) is 0 Å². The Bertz CT molecular complexity index is 1130. The lowest BCUT2D eigenvalue weighted by Gasteiger charge is -2.32. The maximum absolute atomic E-state index is 13.5. The molecule has 33 heavy (non-hydrogen) atoms. The first-order chi connectivity index (χ1) is 15.3. The molecule has 10 heteroatoms. The van der Waals surface area contributed by atoms with Gasteiger partial charge >= 0.3 is 0 Å². The average Bonchev–Trinajstić information content (AvgIpc) is 2.73. The Labute approximate surface area is 199 Å². The van der Waals surface area contributed by atoms with E-state index < -0.39 is 43.9 Å². The first kappa shape index (κ1) is 26.6. The summed E-state index contributed by atoms with van der Waals surface area (Å²) in [5.41, 5.74) is 2.34. The third kappa shape index (κ3) is 6.18. The third-order valence-electron chi connectivity index (χ3n) is 6.96. The van der Waals surface area contributed by atoms with Crippen LogP contribution >= 0.6 is 0 Å². The fraction of sp³-hybridized carbons (Fsp3) is 0.739. The van der Waals surface area contributed by atoms with E-state index in [9.17, 15) is 25.3 Å². The van der Waals surface area contributed by atoms with Crippen molar-refractivity contribution in [2.45, 2.75) is 84.7 Å². The summed E-state index contributed by atoms with van der Waals surface area (Å²) in [5.74, 6) is 0.185. The fourth-order valence-corrected chi connectivity index (χ4v) is 15.2. The van der Waals surface area contributed by atoms with Gasteiger partial charge in [0.1, 0.15) is 0 Å². The molecule has 0 radical (unpaired) electrons. The molecule has 1 aromatic carbocycles. The van der Waals surface area contributed by atoms with E-state index in [1.807, 2.05) is 26.2 Å². The first-order valence-corrected chi connectivity index (χ1v) is 16.9. The zero-order valence-electron chi connectivity index (χ0n) is 19.8. The largest absolute Gasteiger partial charge is 0.305 e. The predicted molar refractivity (Wildman–Crippen MR) is 132 cm³/mol. The lowest BCUT2D eigenvalue weighted by molar-refractivity contribution is 0.401. The third-order valence-corrected chi connectivity index (χ3v) is 16.9. The van der Waals surface area contributed by atoms with Crippen molar-refractivity contribution < 1.29 is 25.3 Å². The summed E-state index contributed by atoms with van der Waals surface area (Å²) >= 11 is 0. The molecule has 0 aliphatic heterocycles. The van der Waals surface area contributed by atoms with E-state index in [-0.39, 0.29) is 18.8 Å². The second-order valence-corrected chi connectivity index (χ2v) is 17.7. The quantitative estimate of drug-likeness (QED) is 0.519. The van der Waals surface area contributed by atoms with E-state index in [0.717, 1.165) is 24.8 Å². The summed E-state index contributed by atoms with van der Waals surface area (Å²) < 4.78 is 76.3. The molecule has 0 amide bonds. The number of hydrogen-bond acceptors (Lipinski definition) is 7. The van der Waals surface area contributed by atoms with Gasteiger partial charge in [-0.25, -0.2) is 25.3 Å². The molecule has 1 atom stereocenters. The van der Waals surface area contributed by atoms with Crippen molar-refractivity contribution in [3.05, 3.63) is 35.4 Å². The Hall–Kier alpha value is -0.970. The van der Waals surface area contributed by atoms with Crippen LogP contribution in [0, 0.1) is 0 Å². The number of sulfone groups is 3. The highest BCUT2D eigenvalue weighted by molar-refractivity contribution is 8.24. The van der Waals surface area contributed by atoms with Gasteiger partial charge in [-0.15, -0.1) is 0 Å².